The fourth-order valence-electron chi connectivity index (χ4n) is 2.03. The first-order valence-corrected chi connectivity index (χ1v) is 6.79. The van der Waals surface area contributed by atoms with Crippen LogP contribution in [0.15, 0.2) is 0 Å². The number of carbonyl (C=O) groups excluding carboxylic acids is 3. The van der Waals surface area contributed by atoms with E-state index in [1.54, 1.807) is 11.8 Å². The molecule has 1 fully saturated rings. The number of esters is 1. The van der Waals surface area contributed by atoms with Gasteiger partial charge in [0.15, 0.2) is 0 Å². The SMILES string of the molecule is CCCCN1C[C@H](C(=O)NCC(=O)OCC)CC1=O. The van der Waals surface area contributed by atoms with Crippen molar-refractivity contribution >= 4 is 17.8 Å². The highest BCUT2D eigenvalue weighted by atomic mass is 16.5. The van der Waals surface area contributed by atoms with Gasteiger partial charge in [0.2, 0.25) is 11.8 Å². The number of nitrogens with zero attached hydrogens (tertiary/aromatic N) is 1. The molecule has 0 aromatic rings. The maximum absolute atomic E-state index is 11.8. The van der Waals surface area contributed by atoms with Gasteiger partial charge in [0, 0.05) is 19.5 Å². The van der Waals surface area contributed by atoms with Crippen molar-refractivity contribution in [2.24, 2.45) is 5.92 Å². The number of likely N-dealkylation sites (tertiary alicyclic amines) is 1. The predicted octanol–water partition coefficient (Wildman–Crippen LogP) is 0.314. The van der Waals surface area contributed by atoms with E-state index in [0.717, 1.165) is 12.8 Å². The maximum atomic E-state index is 11.8. The van der Waals surface area contributed by atoms with Gasteiger partial charge in [-0.3, -0.25) is 14.4 Å². The van der Waals surface area contributed by atoms with Gasteiger partial charge in [-0.05, 0) is 13.3 Å². The van der Waals surface area contributed by atoms with Crippen molar-refractivity contribution in [3.8, 4) is 0 Å². The number of ether oxygens (including phenoxy) is 1. The van der Waals surface area contributed by atoms with Crippen LogP contribution in [-0.4, -0.2) is 48.9 Å². The first kappa shape index (κ1) is 15.5. The number of unbranched alkanes of at least 4 members (excludes halogenated alkanes) is 1. The second kappa shape index (κ2) is 7.76. The van der Waals surface area contributed by atoms with Crippen LogP contribution in [0.1, 0.15) is 33.1 Å². The summed E-state index contributed by atoms with van der Waals surface area (Å²) in [5.74, 6) is -1.04. The van der Waals surface area contributed by atoms with Crippen LogP contribution in [-0.2, 0) is 19.1 Å². The Kier molecular flexibility index (Phi) is 6.32. The van der Waals surface area contributed by atoms with E-state index in [1.165, 1.54) is 0 Å². The molecular formula is C13H22N2O4. The number of carbonyl (C=O) groups is 3. The Morgan fingerprint density at radius 1 is 1.42 bits per heavy atom. The molecule has 19 heavy (non-hydrogen) atoms. The third-order valence-corrected chi connectivity index (χ3v) is 3.08. The zero-order valence-corrected chi connectivity index (χ0v) is 11.6. The zero-order chi connectivity index (χ0) is 14.3. The Hall–Kier alpha value is -1.59. The lowest BCUT2D eigenvalue weighted by Crippen LogP contribution is -2.36. The van der Waals surface area contributed by atoms with Crippen LogP contribution < -0.4 is 5.32 Å². The van der Waals surface area contributed by atoms with Gasteiger partial charge in [0.25, 0.3) is 0 Å². The molecule has 0 unspecified atom stereocenters. The average Bonchev–Trinajstić information content (AvgIpc) is 2.75. The molecular weight excluding hydrogens is 248 g/mol. The van der Waals surface area contributed by atoms with Crippen molar-refractivity contribution in [1.29, 1.82) is 0 Å². The number of amides is 2. The van der Waals surface area contributed by atoms with Gasteiger partial charge >= 0.3 is 5.97 Å². The normalized spacial score (nSPS) is 18.5. The highest BCUT2D eigenvalue weighted by molar-refractivity contribution is 5.90. The summed E-state index contributed by atoms with van der Waals surface area (Å²) < 4.78 is 4.72. The first-order chi connectivity index (χ1) is 9.08. The lowest BCUT2D eigenvalue weighted by Gasteiger charge is -2.15. The fourth-order valence-corrected chi connectivity index (χ4v) is 2.03. The smallest absolute Gasteiger partial charge is 0.325 e. The number of rotatable bonds is 7. The van der Waals surface area contributed by atoms with Crippen molar-refractivity contribution in [2.45, 2.75) is 33.1 Å². The average molecular weight is 270 g/mol. The molecule has 0 bridgehead atoms. The van der Waals surface area contributed by atoms with Crippen LogP contribution in [0.25, 0.3) is 0 Å². The number of nitrogens with one attached hydrogen (secondary N) is 1. The van der Waals surface area contributed by atoms with Crippen molar-refractivity contribution in [2.75, 3.05) is 26.2 Å². The molecule has 1 aliphatic rings. The van der Waals surface area contributed by atoms with Crippen LogP contribution in [0.3, 0.4) is 0 Å². The standard InChI is InChI=1S/C13H22N2O4/c1-3-5-6-15-9-10(7-11(15)16)13(18)14-8-12(17)19-4-2/h10H,3-9H2,1-2H3,(H,14,18)/t10-/m1/s1. The Balaban J connectivity index is 2.34. The molecule has 6 heteroatoms. The Morgan fingerprint density at radius 2 is 2.16 bits per heavy atom. The van der Waals surface area contributed by atoms with Gasteiger partial charge in [-0.15, -0.1) is 0 Å². The van der Waals surface area contributed by atoms with Crippen molar-refractivity contribution < 1.29 is 19.1 Å². The van der Waals surface area contributed by atoms with Crippen LogP contribution in [0, 0.1) is 5.92 Å². The molecule has 1 saturated heterocycles. The van der Waals surface area contributed by atoms with Gasteiger partial charge in [-0.1, -0.05) is 13.3 Å². The first-order valence-electron chi connectivity index (χ1n) is 6.79. The lowest BCUT2D eigenvalue weighted by molar-refractivity contribution is -0.143. The van der Waals surface area contributed by atoms with Gasteiger partial charge in [0.05, 0.1) is 12.5 Å². The summed E-state index contributed by atoms with van der Waals surface area (Å²) in [5.41, 5.74) is 0. The summed E-state index contributed by atoms with van der Waals surface area (Å²) in [5, 5.41) is 2.51. The molecule has 2 amide bonds. The molecule has 0 aliphatic carbocycles. The van der Waals surface area contributed by atoms with E-state index >= 15 is 0 Å². The molecule has 1 N–H and O–H groups in total. The Morgan fingerprint density at radius 3 is 2.79 bits per heavy atom. The van der Waals surface area contributed by atoms with E-state index in [-0.39, 0.29) is 30.7 Å². The summed E-state index contributed by atoms with van der Waals surface area (Å²) in [6, 6.07) is 0. The minimum atomic E-state index is -0.456. The number of hydrogen-bond acceptors (Lipinski definition) is 4. The van der Waals surface area contributed by atoms with Gasteiger partial charge in [-0.2, -0.15) is 0 Å². The van der Waals surface area contributed by atoms with Crippen molar-refractivity contribution in [3.05, 3.63) is 0 Å². The second-order valence-electron chi connectivity index (χ2n) is 4.62. The number of hydrogen-bond donors (Lipinski definition) is 1. The Bertz CT molecular complexity index is 344. The summed E-state index contributed by atoms with van der Waals surface area (Å²) >= 11 is 0. The molecule has 1 heterocycles. The van der Waals surface area contributed by atoms with Crippen LogP contribution in [0.4, 0.5) is 0 Å². The molecule has 0 aromatic carbocycles. The van der Waals surface area contributed by atoms with Crippen molar-refractivity contribution in [1.82, 2.24) is 10.2 Å². The maximum Gasteiger partial charge on any atom is 0.325 e. The van der Waals surface area contributed by atoms with Crippen molar-refractivity contribution in [3.63, 3.8) is 0 Å². The van der Waals surface area contributed by atoms with Gasteiger partial charge in [-0.25, -0.2) is 0 Å². The van der Waals surface area contributed by atoms with E-state index in [2.05, 4.69) is 12.2 Å². The summed E-state index contributed by atoms with van der Waals surface area (Å²) in [6.45, 7) is 5.09. The van der Waals surface area contributed by atoms with Gasteiger partial charge in [0.1, 0.15) is 6.54 Å². The van der Waals surface area contributed by atoms with E-state index in [1.807, 2.05) is 0 Å². The van der Waals surface area contributed by atoms with E-state index in [0.29, 0.717) is 19.7 Å². The van der Waals surface area contributed by atoms with Crippen LogP contribution in [0.5, 0.6) is 0 Å². The minimum absolute atomic E-state index is 0.0183. The highest BCUT2D eigenvalue weighted by Crippen LogP contribution is 2.18. The zero-order valence-electron chi connectivity index (χ0n) is 11.6. The molecule has 0 radical (unpaired) electrons. The molecule has 0 spiro atoms. The molecule has 108 valence electrons. The molecule has 6 nitrogen and oxygen atoms in total. The van der Waals surface area contributed by atoms with E-state index in [9.17, 15) is 14.4 Å². The summed E-state index contributed by atoms with van der Waals surface area (Å²) in [4.78, 5) is 36.3. The van der Waals surface area contributed by atoms with Gasteiger partial charge < -0.3 is 15.0 Å². The molecule has 1 aliphatic heterocycles. The van der Waals surface area contributed by atoms with E-state index in [4.69, 9.17) is 4.74 Å². The monoisotopic (exact) mass is 270 g/mol. The molecule has 1 rings (SSSR count). The largest absolute Gasteiger partial charge is 0.465 e. The molecule has 1 atom stereocenters. The molecule has 0 aromatic heterocycles. The lowest BCUT2D eigenvalue weighted by atomic mass is 10.1. The topological polar surface area (TPSA) is 75.7 Å². The summed E-state index contributed by atoms with van der Waals surface area (Å²) in [7, 11) is 0. The van der Waals surface area contributed by atoms with Crippen LogP contribution in [0.2, 0.25) is 0 Å². The quantitative estimate of drug-likeness (QED) is 0.676. The highest BCUT2D eigenvalue weighted by Gasteiger charge is 2.33. The summed E-state index contributed by atoms with van der Waals surface area (Å²) in [6.07, 6.45) is 2.20. The minimum Gasteiger partial charge on any atom is -0.465 e. The van der Waals surface area contributed by atoms with E-state index < -0.39 is 5.97 Å². The van der Waals surface area contributed by atoms with Crippen LogP contribution >= 0.6 is 0 Å². The predicted molar refractivity (Wildman–Crippen MR) is 69.2 cm³/mol. The third kappa shape index (κ3) is 4.89. The Labute approximate surface area is 113 Å². The third-order valence-electron chi connectivity index (χ3n) is 3.08. The fraction of sp³-hybridized carbons (Fsp3) is 0.769. The molecule has 0 saturated carbocycles. The second-order valence-corrected chi connectivity index (χ2v) is 4.62.